The van der Waals surface area contributed by atoms with Crippen LogP contribution < -0.4 is 4.74 Å². The van der Waals surface area contributed by atoms with Crippen LogP contribution in [0.1, 0.15) is 26.2 Å². The Morgan fingerprint density at radius 1 is 1.42 bits per heavy atom. The van der Waals surface area contributed by atoms with Gasteiger partial charge in [-0.3, -0.25) is 4.90 Å². The van der Waals surface area contributed by atoms with Gasteiger partial charge in [-0.2, -0.15) is 0 Å². The zero-order chi connectivity index (χ0) is 13.7. The largest absolute Gasteiger partial charge is 0.489 e. The number of halogens is 1. The molecule has 2 atom stereocenters. The number of benzene rings is 1. The monoisotopic (exact) mass is 283 g/mol. The van der Waals surface area contributed by atoms with Gasteiger partial charge >= 0.3 is 0 Å². The van der Waals surface area contributed by atoms with Crippen LogP contribution in [0.5, 0.6) is 5.75 Å². The van der Waals surface area contributed by atoms with E-state index in [0.29, 0.717) is 23.4 Å². The van der Waals surface area contributed by atoms with Crippen LogP contribution in [0.25, 0.3) is 0 Å². The highest BCUT2D eigenvalue weighted by molar-refractivity contribution is 6.32. The molecular weight excluding hydrogens is 262 g/mol. The van der Waals surface area contributed by atoms with E-state index in [-0.39, 0.29) is 6.61 Å². The SMILES string of the molecule is C[C@@H]1CCCCN1C[C@H](O)COc1ccccc1Cl. The first-order valence-corrected chi connectivity index (χ1v) is 7.34. The first kappa shape index (κ1) is 14.6. The second-order valence-electron chi connectivity index (χ2n) is 5.23. The van der Waals surface area contributed by atoms with Gasteiger partial charge in [-0.05, 0) is 38.4 Å². The molecule has 0 saturated carbocycles. The number of β-amino-alcohol motifs (C(OH)–C–C–N with tert-alkyl or cyclic N) is 1. The Bertz CT molecular complexity index is 399. The van der Waals surface area contributed by atoms with Gasteiger partial charge in [-0.25, -0.2) is 0 Å². The first-order chi connectivity index (χ1) is 9.16. The molecule has 0 aromatic heterocycles. The van der Waals surface area contributed by atoms with Crippen molar-refractivity contribution in [2.45, 2.75) is 38.3 Å². The van der Waals surface area contributed by atoms with Crippen LogP contribution in [-0.4, -0.2) is 41.8 Å². The number of hydrogen-bond donors (Lipinski definition) is 1. The van der Waals surface area contributed by atoms with Crippen LogP contribution in [-0.2, 0) is 0 Å². The van der Waals surface area contributed by atoms with E-state index in [2.05, 4.69) is 11.8 Å². The van der Waals surface area contributed by atoms with E-state index in [1.165, 1.54) is 19.3 Å². The standard InChI is InChI=1S/C15H22ClNO2/c1-12-6-4-5-9-17(12)10-13(18)11-19-15-8-3-2-7-14(15)16/h2-3,7-8,12-13,18H,4-6,9-11H2,1H3/t12-,13+/m1/s1. The van der Waals surface area contributed by atoms with E-state index < -0.39 is 6.10 Å². The van der Waals surface area contributed by atoms with E-state index in [1.54, 1.807) is 6.07 Å². The summed E-state index contributed by atoms with van der Waals surface area (Å²) in [6.07, 6.45) is 3.27. The number of ether oxygens (including phenoxy) is 1. The molecule has 0 bridgehead atoms. The predicted octanol–water partition coefficient (Wildman–Crippen LogP) is 2.95. The number of hydrogen-bond acceptors (Lipinski definition) is 3. The third kappa shape index (κ3) is 4.37. The Labute approximate surface area is 120 Å². The van der Waals surface area contributed by atoms with Crippen LogP contribution in [0.2, 0.25) is 5.02 Å². The summed E-state index contributed by atoms with van der Waals surface area (Å²) in [6.45, 7) is 4.25. The minimum atomic E-state index is -0.475. The molecule has 1 fully saturated rings. The summed E-state index contributed by atoms with van der Waals surface area (Å²) in [5.41, 5.74) is 0. The molecular formula is C15H22ClNO2. The maximum atomic E-state index is 10.1. The summed E-state index contributed by atoms with van der Waals surface area (Å²) in [7, 11) is 0. The van der Waals surface area contributed by atoms with Crippen molar-refractivity contribution in [1.29, 1.82) is 0 Å². The second-order valence-corrected chi connectivity index (χ2v) is 5.64. The Morgan fingerprint density at radius 2 is 2.21 bits per heavy atom. The molecule has 1 aromatic rings. The molecule has 1 N–H and O–H groups in total. The van der Waals surface area contributed by atoms with Crippen LogP contribution in [0.3, 0.4) is 0 Å². The van der Waals surface area contributed by atoms with Gasteiger partial charge < -0.3 is 9.84 Å². The molecule has 0 unspecified atom stereocenters. The maximum absolute atomic E-state index is 10.1. The van der Waals surface area contributed by atoms with Gasteiger partial charge in [0.05, 0.1) is 5.02 Å². The molecule has 0 amide bonds. The highest BCUT2D eigenvalue weighted by Gasteiger charge is 2.21. The number of nitrogens with zero attached hydrogens (tertiary/aromatic N) is 1. The van der Waals surface area contributed by atoms with Crippen molar-refractivity contribution >= 4 is 11.6 Å². The molecule has 1 aliphatic rings. The minimum Gasteiger partial charge on any atom is -0.489 e. The van der Waals surface area contributed by atoms with E-state index in [4.69, 9.17) is 16.3 Å². The molecule has 3 nitrogen and oxygen atoms in total. The fourth-order valence-electron chi connectivity index (χ4n) is 2.50. The van der Waals surface area contributed by atoms with Gasteiger partial charge in [0, 0.05) is 12.6 Å². The van der Waals surface area contributed by atoms with Gasteiger partial charge in [-0.15, -0.1) is 0 Å². The number of aliphatic hydroxyl groups is 1. The molecule has 1 aromatic carbocycles. The number of piperidine rings is 1. The van der Waals surface area contributed by atoms with Gasteiger partial charge in [0.15, 0.2) is 0 Å². The highest BCUT2D eigenvalue weighted by atomic mass is 35.5. The number of para-hydroxylation sites is 1. The maximum Gasteiger partial charge on any atom is 0.138 e. The van der Waals surface area contributed by atoms with Crippen molar-refractivity contribution in [3.8, 4) is 5.75 Å². The lowest BCUT2D eigenvalue weighted by Gasteiger charge is -2.34. The molecule has 1 heterocycles. The Morgan fingerprint density at radius 3 is 2.95 bits per heavy atom. The molecule has 4 heteroatoms. The molecule has 0 radical (unpaired) electrons. The summed E-state index contributed by atoms with van der Waals surface area (Å²) in [5, 5.41) is 10.6. The Hall–Kier alpha value is -0.770. The van der Waals surface area contributed by atoms with Crippen LogP contribution >= 0.6 is 11.6 Å². The third-order valence-corrected chi connectivity index (χ3v) is 3.97. The van der Waals surface area contributed by atoms with Crippen LogP contribution in [0, 0.1) is 0 Å². The molecule has 1 saturated heterocycles. The van der Waals surface area contributed by atoms with Crippen LogP contribution in [0.4, 0.5) is 0 Å². The molecule has 0 aliphatic carbocycles. The number of rotatable bonds is 5. The van der Waals surface area contributed by atoms with Gasteiger partial charge in [0.1, 0.15) is 18.5 Å². The first-order valence-electron chi connectivity index (χ1n) is 6.96. The normalized spacial score (nSPS) is 22.2. The second kappa shape index (κ2) is 7.13. The topological polar surface area (TPSA) is 32.7 Å². The highest BCUT2D eigenvalue weighted by Crippen LogP contribution is 2.23. The van der Waals surface area contributed by atoms with Gasteiger partial charge in [-0.1, -0.05) is 30.2 Å². The van der Waals surface area contributed by atoms with Crippen molar-refractivity contribution in [3.63, 3.8) is 0 Å². The van der Waals surface area contributed by atoms with Crippen molar-refractivity contribution in [2.24, 2.45) is 0 Å². The average molecular weight is 284 g/mol. The lowest BCUT2D eigenvalue weighted by molar-refractivity contribution is 0.0438. The summed E-state index contributed by atoms with van der Waals surface area (Å²) >= 11 is 6.01. The van der Waals surface area contributed by atoms with E-state index >= 15 is 0 Å². The smallest absolute Gasteiger partial charge is 0.138 e. The van der Waals surface area contributed by atoms with E-state index in [9.17, 15) is 5.11 Å². The zero-order valence-electron chi connectivity index (χ0n) is 11.4. The molecule has 106 valence electrons. The molecule has 1 aliphatic heterocycles. The van der Waals surface area contributed by atoms with Crippen LogP contribution in [0.15, 0.2) is 24.3 Å². The van der Waals surface area contributed by atoms with Crippen molar-refractivity contribution in [1.82, 2.24) is 4.90 Å². The Kier molecular flexibility index (Phi) is 5.49. The fourth-order valence-corrected chi connectivity index (χ4v) is 2.69. The van der Waals surface area contributed by atoms with Gasteiger partial charge in [0.25, 0.3) is 0 Å². The van der Waals surface area contributed by atoms with Gasteiger partial charge in [0.2, 0.25) is 0 Å². The summed E-state index contributed by atoms with van der Waals surface area (Å²) in [6, 6.07) is 7.90. The van der Waals surface area contributed by atoms with Crippen molar-refractivity contribution < 1.29 is 9.84 Å². The van der Waals surface area contributed by atoms with E-state index in [1.807, 2.05) is 18.2 Å². The Balaban J connectivity index is 1.78. The summed E-state index contributed by atoms with van der Waals surface area (Å²) in [4.78, 5) is 2.34. The summed E-state index contributed by atoms with van der Waals surface area (Å²) in [5.74, 6) is 0.634. The lowest BCUT2D eigenvalue weighted by atomic mass is 10.0. The number of likely N-dealkylation sites (tertiary alicyclic amines) is 1. The third-order valence-electron chi connectivity index (χ3n) is 3.65. The van der Waals surface area contributed by atoms with E-state index in [0.717, 1.165) is 6.54 Å². The number of aliphatic hydroxyl groups excluding tert-OH is 1. The predicted molar refractivity (Wildman–Crippen MR) is 77.8 cm³/mol. The molecule has 2 rings (SSSR count). The minimum absolute atomic E-state index is 0.285. The van der Waals surface area contributed by atoms with Crippen molar-refractivity contribution in [2.75, 3.05) is 19.7 Å². The summed E-state index contributed by atoms with van der Waals surface area (Å²) < 4.78 is 5.57. The fraction of sp³-hybridized carbons (Fsp3) is 0.600. The zero-order valence-corrected chi connectivity index (χ0v) is 12.1. The molecule has 0 spiro atoms. The van der Waals surface area contributed by atoms with Crippen molar-refractivity contribution in [3.05, 3.63) is 29.3 Å². The average Bonchev–Trinajstić information content (AvgIpc) is 2.40. The lowest BCUT2D eigenvalue weighted by Crippen LogP contribution is -2.43. The molecule has 19 heavy (non-hydrogen) atoms. The quantitative estimate of drug-likeness (QED) is 0.902.